The van der Waals surface area contributed by atoms with E-state index in [-0.39, 0.29) is 11.9 Å². The summed E-state index contributed by atoms with van der Waals surface area (Å²) in [7, 11) is 0. The van der Waals surface area contributed by atoms with Gasteiger partial charge in [-0.1, -0.05) is 5.21 Å². The van der Waals surface area contributed by atoms with Crippen molar-refractivity contribution in [3.8, 4) is 0 Å². The van der Waals surface area contributed by atoms with Crippen molar-refractivity contribution in [3.05, 3.63) is 17.7 Å². The first-order chi connectivity index (χ1) is 9.69. The minimum Gasteiger partial charge on any atom is -0.368 e. The normalized spacial score (nSPS) is 14.6. The highest BCUT2D eigenvalue weighted by Crippen LogP contribution is 2.27. The molecule has 2 aromatic heterocycles. The Kier molecular flexibility index (Phi) is 3.42. The Hall–Kier alpha value is -2.29. The second-order valence-electron chi connectivity index (χ2n) is 4.95. The van der Waals surface area contributed by atoms with Gasteiger partial charge in [0.2, 0.25) is 11.9 Å². The van der Waals surface area contributed by atoms with E-state index < -0.39 is 0 Å². The van der Waals surface area contributed by atoms with Crippen molar-refractivity contribution < 1.29 is 0 Å². The smallest absolute Gasteiger partial charge is 0.225 e. The van der Waals surface area contributed by atoms with Gasteiger partial charge in [-0.25, -0.2) is 4.68 Å². The quantitative estimate of drug-likeness (QED) is 0.622. The van der Waals surface area contributed by atoms with E-state index in [9.17, 15) is 0 Å². The van der Waals surface area contributed by atoms with Crippen molar-refractivity contribution in [2.45, 2.75) is 25.9 Å². The molecular weight excluding hydrogens is 258 g/mol. The first-order valence-electron chi connectivity index (χ1n) is 6.54. The highest BCUT2D eigenvalue weighted by Gasteiger charge is 2.20. The van der Waals surface area contributed by atoms with Crippen molar-refractivity contribution in [2.75, 3.05) is 18.0 Å². The van der Waals surface area contributed by atoms with Gasteiger partial charge in [-0.15, -0.1) is 5.10 Å². The van der Waals surface area contributed by atoms with Crippen LogP contribution in [-0.4, -0.2) is 36.5 Å². The number of aromatic nitrogens is 6. The lowest BCUT2D eigenvalue weighted by atomic mass is 10.4. The summed E-state index contributed by atoms with van der Waals surface area (Å²) >= 11 is 0. The molecule has 0 aliphatic heterocycles. The first-order valence-corrected chi connectivity index (χ1v) is 6.54. The molecule has 1 aliphatic carbocycles. The molecule has 1 aliphatic rings. The summed E-state index contributed by atoms with van der Waals surface area (Å²) in [5, 5.41) is 11.5. The molecule has 0 atom stereocenters. The molecule has 106 valence electrons. The molecule has 2 aromatic rings. The third kappa shape index (κ3) is 3.38. The SMILES string of the molecule is Nc1nc(N)nc(Cn2cc(CNCC3CC3)nn2)n1. The zero-order valence-electron chi connectivity index (χ0n) is 11.0. The van der Waals surface area contributed by atoms with Crippen LogP contribution in [0.2, 0.25) is 0 Å². The fourth-order valence-electron chi connectivity index (χ4n) is 1.90. The topological polar surface area (TPSA) is 133 Å². The molecule has 3 rings (SSSR count). The summed E-state index contributed by atoms with van der Waals surface area (Å²) in [5.41, 5.74) is 11.9. The van der Waals surface area contributed by atoms with Gasteiger partial charge in [0.25, 0.3) is 0 Å². The molecule has 1 fully saturated rings. The average molecular weight is 275 g/mol. The van der Waals surface area contributed by atoms with Crippen LogP contribution in [0.15, 0.2) is 6.20 Å². The number of hydrogen-bond donors (Lipinski definition) is 3. The van der Waals surface area contributed by atoms with Crippen molar-refractivity contribution >= 4 is 11.9 Å². The van der Waals surface area contributed by atoms with Gasteiger partial charge in [0, 0.05) is 6.54 Å². The van der Waals surface area contributed by atoms with Gasteiger partial charge in [-0.3, -0.25) is 0 Å². The molecule has 0 radical (unpaired) electrons. The van der Waals surface area contributed by atoms with Crippen molar-refractivity contribution in [2.24, 2.45) is 5.92 Å². The first kappa shape index (κ1) is 12.7. The monoisotopic (exact) mass is 275 g/mol. The maximum atomic E-state index is 5.52. The van der Waals surface area contributed by atoms with E-state index >= 15 is 0 Å². The summed E-state index contributed by atoms with van der Waals surface area (Å²) in [6.07, 6.45) is 4.53. The maximum absolute atomic E-state index is 5.52. The molecule has 1 saturated carbocycles. The number of hydrogen-bond acceptors (Lipinski definition) is 8. The van der Waals surface area contributed by atoms with Gasteiger partial charge in [-0.05, 0) is 25.3 Å². The molecule has 0 amide bonds. The van der Waals surface area contributed by atoms with E-state index in [0.717, 1.165) is 24.7 Å². The zero-order chi connectivity index (χ0) is 13.9. The number of nitrogens with two attached hydrogens (primary N) is 2. The largest absolute Gasteiger partial charge is 0.368 e. The molecule has 0 unspecified atom stereocenters. The van der Waals surface area contributed by atoms with Crippen LogP contribution in [0.1, 0.15) is 24.4 Å². The van der Waals surface area contributed by atoms with E-state index in [1.54, 1.807) is 4.68 Å². The lowest BCUT2D eigenvalue weighted by molar-refractivity contribution is 0.619. The molecule has 0 bridgehead atoms. The Balaban J connectivity index is 1.58. The van der Waals surface area contributed by atoms with Crippen LogP contribution in [0.5, 0.6) is 0 Å². The van der Waals surface area contributed by atoms with Crippen LogP contribution >= 0.6 is 0 Å². The van der Waals surface area contributed by atoms with Gasteiger partial charge in [-0.2, -0.15) is 15.0 Å². The lowest BCUT2D eigenvalue weighted by Gasteiger charge is -2.01. The van der Waals surface area contributed by atoms with Crippen molar-refractivity contribution in [1.82, 2.24) is 35.3 Å². The summed E-state index contributed by atoms with van der Waals surface area (Å²) in [5.74, 6) is 1.54. The zero-order valence-corrected chi connectivity index (χ0v) is 11.0. The average Bonchev–Trinajstić information content (AvgIpc) is 3.09. The summed E-state index contributed by atoms with van der Waals surface area (Å²) in [6.45, 7) is 2.14. The Morgan fingerprint density at radius 2 is 1.95 bits per heavy atom. The molecule has 0 spiro atoms. The molecule has 20 heavy (non-hydrogen) atoms. The molecule has 0 aromatic carbocycles. The summed E-state index contributed by atoms with van der Waals surface area (Å²) < 4.78 is 1.66. The molecule has 0 saturated heterocycles. The number of nitrogen functional groups attached to an aromatic ring is 2. The van der Waals surface area contributed by atoms with Crippen LogP contribution in [0.4, 0.5) is 11.9 Å². The highest BCUT2D eigenvalue weighted by molar-refractivity contribution is 5.25. The second-order valence-corrected chi connectivity index (χ2v) is 4.95. The van der Waals surface area contributed by atoms with Crippen molar-refractivity contribution in [3.63, 3.8) is 0 Å². The minimum absolute atomic E-state index is 0.110. The predicted octanol–water partition coefficient (Wildman–Crippen LogP) is -0.825. The Morgan fingerprint density at radius 1 is 1.20 bits per heavy atom. The standard InChI is InChI=1S/C11H17N9/c12-10-15-9(16-11(13)17-10)6-20-5-8(18-19-20)4-14-3-7-1-2-7/h5,7,14H,1-4,6H2,(H4,12,13,15,16,17). The highest BCUT2D eigenvalue weighted by atomic mass is 15.4. The number of nitrogens with zero attached hydrogens (tertiary/aromatic N) is 6. The van der Waals surface area contributed by atoms with E-state index in [1.807, 2.05) is 6.20 Å². The third-order valence-corrected chi connectivity index (χ3v) is 3.04. The second kappa shape index (κ2) is 5.37. The number of anilines is 2. The Labute approximate surface area is 115 Å². The van der Waals surface area contributed by atoms with Gasteiger partial charge < -0.3 is 16.8 Å². The van der Waals surface area contributed by atoms with E-state index in [4.69, 9.17) is 11.5 Å². The van der Waals surface area contributed by atoms with Gasteiger partial charge in [0.05, 0.1) is 11.9 Å². The van der Waals surface area contributed by atoms with Crippen LogP contribution in [0.25, 0.3) is 0 Å². The van der Waals surface area contributed by atoms with Crippen molar-refractivity contribution in [1.29, 1.82) is 0 Å². The fraction of sp³-hybridized carbons (Fsp3) is 0.545. The molecule has 9 heteroatoms. The molecular formula is C11H17N9. The third-order valence-electron chi connectivity index (χ3n) is 3.04. The lowest BCUT2D eigenvalue weighted by Crippen LogP contribution is -2.16. The van der Waals surface area contributed by atoms with E-state index in [1.165, 1.54) is 12.8 Å². The number of nitrogens with one attached hydrogen (secondary N) is 1. The molecule has 9 nitrogen and oxygen atoms in total. The van der Waals surface area contributed by atoms with Crippen LogP contribution in [0, 0.1) is 5.92 Å². The van der Waals surface area contributed by atoms with Crippen LogP contribution in [-0.2, 0) is 13.1 Å². The summed E-state index contributed by atoms with van der Waals surface area (Å²) in [6, 6.07) is 0. The minimum atomic E-state index is 0.110. The van der Waals surface area contributed by atoms with Gasteiger partial charge in [0.15, 0.2) is 5.82 Å². The van der Waals surface area contributed by atoms with Gasteiger partial charge in [0.1, 0.15) is 6.54 Å². The maximum Gasteiger partial charge on any atom is 0.225 e. The molecule has 2 heterocycles. The van der Waals surface area contributed by atoms with E-state index in [2.05, 4.69) is 30.6 Å². The Bertz CT molecular complexity index is 569. The van der Waals surface area contributed by atoms with Gasteiger partial charge >= 0.3 is 0 Å². The van der Waals surface area contributed by atoms with Crippen LogP contribution < -0.4 is 16.8 Å². The summed E-state index contributed by atoms with van der Waals surface area (Å²) in [4.78, 5) is 11.7. The predicted molar refractivity (Wildman–Crippen MR) is 72.2 cm³/mol. The van der Waals surface area contributed by atoms with Crippen LogP contribution in [0.3, 0.4) is 0 Å². The Morgan fingerprint density at radius 3 is 2.65 bits per heavy atom. The molecule has 5 N–H and O–H groups in total. The van der Waals surface area contributed by atoms with E-state index in [0.29, 0.717) is 12.4 Å². The fourth-order valence-corrected chi connectivity index (χ4v) is 1.90. The number of rotatable bonds is 6.